The van der Waals surface area contributed by atoms with Crippen molar-refractivity contribution in [3.8, 4) is 11.5 Å². The molecule has 1 unspecified atom stereocenters. The summed E-state index contributed by atoms with van der Waals surface area (Å²) >= 11 is 6.12. The van der Waals surface area contributed by atoms with Gasteiger partial charge in [0.15, 0.2) is 0 Å². The number of likely N-dealkylation sites (N-methyl/N-ethyl adjacent to an activating group) is 1. The normalized spacial score (nSPS) is 18.8. The molecule has 2 rings (SSSR count). The second-order valence-electron chi connectivity index (χ2n) is 4.28. The van der Waals surface area contributed by atoms with E-state index in [1.807, 2.05) is 0 Å². The smallest absolute Gasteiger partial charge is 0.244 e. The molecule has 1 N–H and O–H groups in total. The molecule has 0 aromatic heterocycles. The zero-order chi connectivity index (χ0) is 14.0. The fourth-order valence-corrected chi connectivity index (χ4v) is 2.48. The molecule has 0 spiro atoms. The Hall–Kier alpha value is -1.46. The minimum Gasteiger partial charge on any atom is -0.495 e. The summed E-state index contributed by atoms with van der Waals surface area (Å²) < 4.78 is 10.5. The summed E-state index contributed by atoms with van der Waals surface area (Å²) in [4.78, 5) is 13.9. The number of hydrogen-bond acceptors (Lipinski definition) is 4. The number of nitrogens with zero attached hydrogens (tertiary/aromatic N) is 1. The Morgan fingerprint density at radius 2 is 2.00 bits per heavy atom. The Balaban J connectivity index is 2.40. The molecule has 1 saturated heterocycles. The largest absolute Gasteiger partial charge is 0.495 e. The van der Waals surface area contributed by atoms with Crippen molar-refractivity contribution in [2.75, 3.05) is 32.7 Å². The van der Waals surface area contributed by atoms with E-state index in [9.17, 15) is 4.79 Å². The van der Waals surface area contributed by atoms with Crippen LogP contribution in [-0.4, -0.2) is 39.8 Å². The number of anilines is 1. The van der Waals surface area contributed by atoms with Crippen LogP contribution < -0.4 is 19.7 Å². The summed E-state index contributed by atoms with van der Waals surface area (Å²) in [6.07, 6.45) is 0.766. The van der Waals surface area contributed by atoms with Gasteiger partial charge in [0.2, 0.25) is 5.91 Å². The van der Waals surface area contributed by atoms with Gasteiger partial charge in [-0.15, -0.1) is 0 Å². The van der Waals surface area contributed by atoms with Gasteiger partial charge in [0.05, 0.1) is 31.0 Å². The molecular formula is C13H17ClN2O3. The van der Waals surface area contributed by atoms with Crippen LogP contribution in [0, 0.1) is 0 Å². The summed E-state index contributed by atoms with van der Waals surface area (Å²) in [5.41, 5.74) is 0.677. The number of amides is 1. The predicted octanol–water partition coefficient (Wildman–Crippen LogP) is 1.68. The highest BCUT2D eigenvalue weighted by molar-refractivity contribution is 6.32. The second kappa shape index (κ2) is 5.67. The third-order valence-corrected chi connectivity index (χ3v) is 3.59. The van der Waals surface area contributed by atoms with Gasteiger partial charge in [0.1, 0.15) is 11.5 Å². The molecule has 0 bridgehead atoms. The number of halogens is 1. The molecule has 1 aliphatic rings. The summed E-state index contributed by atoms with van der Waals surface area (Å²) in [5, 5.41) is 3.46. The van der Waals surface area contributed by atoms with Crippen LogP contribution >= 0.6 is 11.6 Å². The van der Waals surface area contributed by atoms with Gasteiger partial charge in [0.25, 0.3) is 0 Å². The van der Waals surface area contributed by atoms with Crippen LogP contribution in [0.4, 0.5) is 5.69 Å². The summed E-state index contributed by atoms with van der Waals surface area (Å²) in [6.45, 7) is 0.642. The quantitative estimate of drug-likeness (QED) is 0.914. The first-order valence-corrected chi connectivity index (χ1v) is 6.40. The molecular weight excluding hydrogens is 268 g/mol. The Bertz CT molecular complexity index is 493. The van der Waals surface area contributed by atoms with E-state index in [2.05, 4.69) is 5.32 Å². The van der Waals surface area contributed by atoms with E-state index in [1.54, 1.807) is 38.3 Å². The number of carbonyl (C=O) groups is 1. The van der Waals surface area contributed by atoms with Crippen molar-refractivity contribution in [3.05, 3.63) is 17.2 Å². The summed E-state index contributed by atoms with van der Waals surface area (Å²) in [5.74, 6) is 1.13. The van der Waals surface area contributed by atoms with Gasteiger partial charge in [-0.3, -0.25) is 4.79 Å². The maximum Gasteiger partial charge on any atom is 0.244 e. The number of rotatable bonds is 4. The lowest BCUT2D eigenvalue weighted by Gasteiger charge is -2.20. The highest BCUT2D eigenvalue weighted by atomic mass is 35.5. The van der Waals surface area contributed by atoms with E-state index in [1.165, 1.54) is 0 Å². The molecule has 1 aliphatic heterocycles. The van der Waals surface area contributed by atoms with Crippen LogP contribution in [0.2, 0.25) is 5.02 Å². The summed E-state index contributed by atoms with van der Waals surface area (Å²) in [6, 6.07) is 3.25. The Kier molecular flexibility index (Phi) is 4.17. The molecule has 1 fully saturated rings. The Labute approximate surface area is 117 Å². The fraction of sp³-hybridized carbons (Fsp3) is 0.462. The molecule has 0 radical (unpaired) electrons. The van der Waals surface area contributed by atoms with E-state index in [-0.39, 0.29) is 11.9 Å². The fourth-order valence-electron chi connectivity index (χ4n) is 2.24. The van der Waals surface area contributed by atoms with Crippen molar-refractivity contribution in [2.24, 2.45) is 0 Å². The third kappa shape index (κ3) is 2.48. The van der Waals surface area contributed by atoms with Crippen LogP contribution in [0.3, 0.4) is 0 Å². The molecule has 1 aromatic rings. The van der Waals surface area contributed by atoms with Crippen molar-refractivity contribution in [2.45, 2.75) is 12.5 Å². The van der Waals surface area contributed by atoms with Crippen molar-refractivity contribution in [3.63, 3.8) is 0 Å². The number of methoxy groups -OCH3 is 2. The minimum absolute atomic E-state index is 0.0297. The van der Waals surface area contributed by atoms with Crippen molar-refractivity contribution >= 4 is 23.2 Å². The van der Waals surface area contributed by atoms with E-state index < -0.39 is 0 Å². The maximum absolute atomic E-state index is 12.2. The van der Waals surface area contributed by atoms with Gasteiger partial charge in [0, 0.05) is 12.6 Å². The van der Waals surface area contributed by atoms with Crippen molar-refractivity contribution < 1.29 is 14.3 Å². The van der Waals surface area contributed by atoms with Crippen molar-refractivity contribution in [1.82, 2.24) is 5.32 Å². The first-order valence-electron chi connectivity index (χ1n) is 6.02. The van der Waals surface area contributed by atoms with Crippen LogP contribution in [0.5, 0.6) is 11.5 Å². The summed E-state index contributed by atoms with van der Waals surface area (Å²) in [7, 11) is 4.88. The molecule has 1 amide bonds. The zero-order valence-electron chi connectivity index (χ0n) is 11.2. The highest BCUT2D eigenvalue weighted by Crippen LogP contribution is 2.39. The van der Waals surface area contributed by atoms with Gasteiger partial charge in [-0.2, -0.15) is 0 Å². The lowest BCUT2D eigenvalue weighted by atomic mass is 10.2. The average Bonchev–Trinajstić information content (AvgIpc) is 2.79. The van der Waals surface area contributed by atoms with Crippen LogP contribution in [-0.2, 0) is 4.79 Å². The molecule has 6 heteroatoms. The lowest BCUT2D eigenvalue weighted by molar-refractivity contribution is -0.118. The molecule has 1 atom stereocenters. The molecule has 1 aromatic carbocycles. The topological polar surface area (TPSA) is 50.8 Å². The number of carbonyl (C=O) groups excluding carboxylic acids is 1. The van der Waals surface area contributed by atoms with Gasteiger partial charge in [-0.1, -0.05) is 11.6 Å². The second-order valence-corrected chi connectivity index (χ2v) is 4.69. The predicted molar refractivity (Wildman–Crippen MR) is 74.4 cm³/mol. The third-order valence-electron chi connectivity index (χ3n) is 3.30. The molecule has 104 valence electrons. The standard InChI is InChI=1S/C13H17ClN2O3/c1-15-9-4-5-16(13(9)17)10-6-8(14)11(18-2)7-12(10)19-3/h6-7,9,15H,4-5H2,1-3H3. The van der Waals surface area contributed by atoms with Crippen LogP contribution in [0.15, 0.2) is 12.1 Å². The van der Waals surface area contributed by atoms with Crippen LogP contribution in [0.1, 0.15) is 6.42 Å². The molecule has 0 aliphatic carbocycles. The highest BCUT2D eigenvalue weighted by Gasteiger charge is 2.33. The number of ether oxygens (including phenoxy) is 2. The average molecular weight is 285 g/mol. The molecule has 1 heterocycles. The Morgan fingerprint density at radius 3 is 2.53 bits per heavy atom. The van der Waals surface area contributed by atoms with Gasteiger partial charge < -0.3 is 19.7 Å². The van der Waals surface area contributed by atoms with E-state index in [0.29, 0.717) is 28.8 Å². The number of nitrogens with one attached hydrogen (secondary N) is 1. The molecule has 5 nitrogen and oxygen atoms in total. The van der Waals surface area contributed by atoms with Crippen LogP contribution in [0.25, 0.3) is 0 Å². The van der Waals surface area contributed by atoms with Gasteiger partial charge in [-0.25, -0.2) is 0 Å². The van der Waals surface area contributed by atoms with E-state index in [4.69, 9.17) is 21.1 Å². The lowest BCUT2D eigenvalue weighted by Crippen LogP contribution is -2.36. The first-order chi connectivity index (χ1) is 9.12. The van der Waals surface area contributed by atoms with E-state index in [0.717, 1.165) is 6.42 Å². The monoisotopic (exact) mass is 284 g/mol. The SMILES string of the molecule is CNC1CCN(c2cc(Cl)c(OC)cc2OC)C1=O. The first kappa shape index (κ1) is 14.0. The van der Waals surface area contributed by atoms with E-state index >= 15 is 0 Å². The Morgan fingerprint density at radius 1 is 1.32 bits per heavy atom. The molecule has 0 saturated carbocycles. The number of benzene rings is 1. The maximum atomic E-state index is 12.2. The zero-order valence-corrected chi connectivity index (χ0v) is 12.0. The molecule has 19 heavy (non-hydrogen) atoms. The van der Waals surface area contributed by atoms with Gasteiger partial charge in [-0.05, 0) is 19.5 Å². The van der Waals surface area contributed by atoms with Crippen molar-refractivity contribution in [1.29, 1.82) is 0 Å². The van der Waals surface area contributed by atoms with Gasteiger partial charge >= 0.3 is 0 Å². The number of hydrogen-bond donors (Lipinski definition) is 1. The minimum atomic E-state index is -0.148.